The van der Waals surface area contributed by atoms with E-state index in [1.54, 1.807) is 0 Å². The second kappa shape index (κ2) is 10.8. The number of nitrogens with one attached hydrogen (secondary N) is 2. The molecular weight excluding hydrogens is 332 g/mol. The first-order valence-corrected chi connectivity index (χ1v) is 8.52. The lowest BCUT2D eigenvalue weighted by Gasteiger charge is -2.13. The highest BCUT2D eigenvalue weighted by Gasteiger charge is 2.06. The molecule has 0 aliphatic carbocycles. The van der Waals surface area contributed by atoms with Crippen molar-refractivity contribution in [1.29, 1.82) is 0 Å². The van der Waals surface area contributed by atoms with Crippen LogP contribution in [0.15, 0.2) is 54.6 Å². The van der Waals surface area contributed by atoms with Crippen LogP contribution in [0.4, 0.5) is 10.5 Å². The molecule has 26 heavy (non-hydrogen) atoms. The van der Waals surface area contributed by atoms with E-state index in [-0.39, 0.29) is 12.6 Å². The Balaban J connectivity index is 1.76. The normalized spacial score (nSPS) is 10.0. The van der Waals surface area contributed by atoms with E-state index < -0.39 is 6.09 Å². The molecule has 0 atom stereocenters. The lowest BCUT2D eigenvalue weighted by atomic mass is 10.1. The van der Waals surface area contributed by atoms with Crippen LogP contribution in [0.2, 0.25) is 0 Å². The van der Waals surface area contributed by atoms with Gasteiger partial charge < -0.3 is 20.1 Å². The molecule has 0 saturated heterocycles. The summed E-state index contributed by atoms with van der Waals surface area (Å²) in [5, 5.41) is 6.03. The molecule has 0 bridgehead atoms. The SMILES string of the molecule is COC(=O)CCCNc1ccccc1CNC(=O)OCc1ccccc1. The fourth-order valence-corrected chi connectivity index (χ4v) is 2.35. The Kier molecular flexibility index (Phi) is 7.99. The van der Waals surface area contributed by atoms with E-state index >= 15 is 0 Å². The molecular formula is C20H24N2O4. The molecule has 2 rings (SSSR count). The predicted octanol–water partition coefficient (Wildman–Crippen LogP) is 3.48. The van der Waals surface area contributed by atoms with Crippen molar-refractivity contribution in [3.8, 4) is 0 Å². The van der Waals surface area contributed by atoms with E-state index in [2.05, 4.69) is 15.4 Å². The molecule has 0 unspecified atom stereocenters. The first kappa shape index (κ1) is 19.3. The molecule has 0 radical (unpaired) electrons. The number of amides is 1. The van der Waals surface area contributed by atoms with Gasteiger partial charge in [-0.2, -0.15) is 0 Å². The summed E-state index contributed by atoms with van der Waals surface area (Å²) in [6.07, 6.45) is 0.581. The Morgan fingerprint density at radius 1 is 1.00 bits per heavy atom. The van der Waals surface area contributed by atoms with Crippen LogP contribution in [-0.2, 0) is 27.4 Å². The largest absolute Gasteiger partial charge is 0.469 e. The summed E-state index contributed by atoms with van der Waals surface area (Å²) < 4.78 is 9.82. The maximum absolute atomic E-state index is 11.9. The molecule has 0 saturated carbocycles. The third-order valence-corrected chi connectivity index (χ3v) is 3.75. The Bertz CT molecular complexity index is 704. The predicted molar refractivity (Wildman–Crippen MR) is 99.6 cm³/mol. The molecule has 6 nitrogen and oxygen atoms in total. The molecule has 2 aromatic rings. The van der Waals surface area contributed by atoms with Crippen LogP contribution in [0.25, 0.3) is 0 Å². The van der Waals surface area contributed by atoms with Crippen molar-refractivity contribution in [2.75, 3.05) is 19.0 Å². The highest BCUT2D eigenvalue weighted by Crippen LogP contribution is 2.15. The van der Waals surface area contributed by atoms with Gasteiger partial charge in [-0.1, -0.05) is 48.5 Å². The van der Waals surface area contributed by atoms with Crippen molar-refractivity contribution >= 4 is 17.7 Å². The summed E-state index contributed by atoms with van der Waals surface area (Å²) in [4.78, 5) is 23.0. The third-order valence-electron chi connectivity index (χ3n) is 3.75. The second-order valence-electron chi connectivity index (χ2n) is 5.68. The van der Waals surface area contributed by atoms with E-state index in [0.29, 0.717) is 25.9 Å². The van der Waals surface area contributed by atoms with Crippen molar-refractivity contribution in [1.82, 2.24) is 5.32 Å². The van der Waals surface area contributed by atoms with Gasteiger partial charge in [0.15, 0.2) is 0 Å². The number of rotatable bonds is 9. The second-order valence-corrected chi connectivity index (χ2v) is 5.68. The number of hydrogen-bond acceptors (Lipinski definition) is 5. The van der Waals surface area contributed by atoms with Crippen LogP contribution < -0.4 is 10.6 Å². The number of carbonyl (C=O) groups is 2. The number of esters is 1. The quantitative estimate of drug-likeness (QED) is 0.531. The molecule has 0 aliphatic rings. The van der Waals surface area contributed by atoms with Gasteiger partial charge in [0.1, 0.15) is 6.61 Å². The zero-order valence-corrected chi connectivity index (χ0v) is 14.9. The summed E-state index contributed by atoms with van der Waals surface area (Å²) in [7, 11) is 1.38. The molecule has 0 heterocycles. The van der Waals surface area contributed by atoms with Gasteiger partial charge in [-0.3, -0.25) is 4.79 Å². The summed E-state index contributed by atoms with van der Waals surface area (Å²) in [5.41, 5.74) is 2.80. The van der Waals surface area contributed by atoms with E-state index in [4.69, 9.17) is 4.74 Å². The van der Waals surface area contributed by atoms with E-state index in [1.165, 1.54) is 7.11 Å². The van der Waals surface area contributed by atoms with Crippen molar-refractivity contribution in [3.05, 3.63) is 65.7 Å². The minimum atomic E-state index is -0.464. The maximum Gasteiger partial charge on any atom is 0.407 e. The average Bonchev–Trinajstić information content (AvgIpc) is 2.69. The Hall–Kier alpha value is -3.02. The molecule has 0 aromatic heterocycles. The van der Waals surface area contributed by atoms with Gasteiger partial charge in [-0.25, -0.2) is 4.79 Å². The smallest absolute Gasteiger partial charge is 0.407 e. The minimum absolute atomic E-state index is 0.220. The molecule has 138 valence electrons. The number of benzene rings is 2. The van der Waals surface area contributed by atoms with Crippen molar-refractivity contribution in [3.63, 3.8) is 0 Å². The standard InChI is InChI=1S/C20H24N2O4/c1-25-19(23)12-7-13-21-18-11-6-5-10-17(18)14-22-20(24)26-15-16-8-3-2-4-9-16/h2-6,8-11,21H,7,12-15H2,1H3,(H,22,24). The maximum atomic E-state index is 11.9. The lowest BCUT2D eigenvalue weighted by molar-refractivity contribution is -0.140. The molecule has 6 heteroatoms. The van der Waals surface area contributed by atoms with Gasteiger partial charge in [0.2, 0.25) is 0 Å². The molecule has 2 aromatic carbocycles. The van der Waals surface area contributed by atoms with E-state index in [9.17, 15) is 9.59 Å². The number of ether oxygens (including phenoxy) is 2. The van der Waals surface area contributed by atoms with Crippen LogP contribution in [0.5, 0.6) is 0 Å². The lowest BCUT2D eigenvalue weighted by Crippen LogP contribution is -2.24. The van der Waals surface area contributed by atoms with Crippen LogP contribution in [-0.4, -0.2) is 25.7 Å². The summed E-state index contributed by atoms with van der Waals surface area (Å²) in [6.45, 7) is 1.23. The van der Waals surface area contributed by atoms with Gasteiger partial charge in [0.05, 0.1) is 7.11 Å². The Labute approximate surface area is 153 Å². The van der Waals surface area contributed by atoms with Crippen molar-refractivity contribution in [2.24, 2.45) is 0 Å². The summed E-state index contributed by atoms with van der Waals surface area (Å²) in [6, 6.07) is 17.2. The van der Waals surface area contributed by atoms with Gasteiger partial charge >= 0.3 is 12.1 Å². The minimum Gasteiger partial charge on any atom is -0.469 e. The van der Waals surface area contributed by atoms with Crippen LogP contribution in [0.1, 0.15) is 24.0 Å². The molecule has 0 aliphatic heterocycles. The molecule has 0 spiro atoms. The fourth-order valence-electron chi connectivity index (χ4n) is 2.35. The summed E-state index contributed by atoms with van der Waals surface area (Å²) in [5.74, 6) is -0.220. The molecule has 2 N–H and O–H groups in total. The van der Waals surface area contributed by atoms with Crippen LogP contribution in [0.3, 0.4) is 0 Å². The fraction of sp³-hybridized carbons (Fsp3) is 0.300. The van der Waals surface area contributed by atoms with Crippen molar-refractivity contribution in [2.45, 2.75) is 26.0 Å². The van der Waals surface area contributed by atoms with Crippen LogP contribution in [0, 0.1) is 0 Å². The summed E-state index contributed by atoms with van der Waals surface area (Å²) >= 11 is 0. The van der Waals surface area contributed by atoms with E-state index in [0.717, 1.165) is 16.8 Å². The highest BCUT2D eigenvalue weighted by atomic mass is 16.5. The van der Waals surface area contributed by atoms with Gasteiger partial charge in [0, 0.05) is 25.2 Å². The number of alkyl carbamates (subject to hydrolysis) is 1. The average molecular weight is 356 g/mol. The molecule has 1 amide bonds. The third kappa shape index (κ3) is 6.84. The van der Waals surface area contributed by atoms with Gasteiger partial charge in [-0.05, 0) is 23.6 Å². The Morgan fingerprint density at radius 3 is 2.50 bits per heavy atom. The number of para-hydroxylation sites is 1. The number of hydrogen-bond donors (Lipinski definition) is 2. The van der Waals surface area contributed by atoms with Crippen LogP contribution >= 0.6 is 0 Å². The number of carbonyl (C=O) groups excluding carboxylic acids is 2. The number of anilines is 1. The van der Waals surface area contributed by atoms with Crippen molar-refractivity contribution < 1.29 is 19.1 Å². The molecule has 0 fully saturated rings. The van der Waals surface area contributed by atoms with E-state index in [1.807, 2.05) is 54.6 Å². The van der Waals surface area contributed by atoms with Gasteiger partial charge in [0.25, 0.3) is 0 Å². The first-order chi connectivity index (χ1) is 12.7. The first-order valence-electron chi connectivity index (χ1n) is 8.52. The highest BCUT2D eigenvalue weighted by molar-refractivity contribution is 5.69. The number of methoxy groups -OCH3 is 1. The zero-order valence-electron chi connectivity index (χ0n) is 14.9. The zero-order chi connectivity index (χ0) is 18.6. The topological polar surface area (TPSA) is 76.7 Å². The monoisotopic (exact) mass is 356 g/mol. The Morgan fingerprint density at radius 2 is 1.73 bits per heavy atom. The van der Waals surface area contributed by atoms with Gasteiger partial charge in [-0.15, -0.1) is 0 Å².